The van der Waals surface area contributed by atoms with Gasteiger partial charge in [-0.2, -0.15) is 8.42 Å². The van der Waals surface area contributed by atoms with E-state index in [9.17, 15) is 13.2 Å². The molecule has 0 atom stereocenters. The second-order valence-corrected chi connectivity index (χ2v) is 5.32. The van der Waals surface area contributed by atoms with E-state index in [0.717, 1.165) is 0 Å². The van der Waals surface area contributed by atoms with E-state index in [1.807, 2.05) is 0 Å². The molecular weight excluding hydrogens is 282 g/mol. The van der Waals surface area contributed by atoms with Crippen LogP contribution in [0.5, 0.6) is 5.75 Å². The average molecular weight is 293 g/mol. The van der Waals surface area contributed by atoms with Crippen molar-refractivity contribution in [1.82, 2.24) is 0 Å². The van der Waals surface area contributed by atoms with Gasteiger partial charge in [0, 0.05) is 0 Å². The number of ketones is 1. The summed E-state index contributed by atoms with van der Waals surface area (Å²) in [6.07, 6.45) is 5.27. The maximum Gasteiger partial charge on any atom is 0.358 e. The van der Waals surface area contributed by atoms with Crippen molar-refractivity contribution in [3.63, 3.8) is 0 Å². The highest BCUT2D eigenvalue weighted by molar-refractivity contribution is 7.86. The Morgan fingerprint density at radius 3 is 2.15 bits per heavy atom. The molecule has 1 aliphatic carbocycles. The van der Waals surface area contributed by atoms with Gasteiger partial charge in [-0.15, -0.1) is 0 Å². The Balaban J connectivity index is 2.15. The fraction of sp³-hybridized carbons (Fsp3) is 0.0769. The Labute approximate surface area is 116 Å². The zero-order valence-electron chi connectivity index (χ0n) is 10.5. The Morgan fingerprint density at radius 2 is 1.60 bits per heavy atom. The predicted molar refractivity (Wildman–Crippen MR) is 72.0 cm³/mol. The molecule has 1 aromatic carbocycles. The summed E-state index contributed by atoms with van der Waals surface area (Å²) in [6.45, 7) is 0. The molecule has 0 saturated heterocycles. The Kier molecular flexibility index (Phi) is 3.99. The number of carbonyl (C=O) groups is 1. The molecule has 7 heteroatoms. The number of methoxy groups -OCH3 is 1. The minimum absolute atomic E-state index is 0.0394. The van der Waals surface area contributed by atoms with Gasteiger partial charge in [0.1, 0.15) is 16.4 Å². The fourth-order valence-corrected chi connectivity index (χ4v) is 2.12. The van der Waals surface area contributed by atoms with Crippen LogP contribution in [0.3, 0.4) is 0 Å². The van der Waals surface area contributed by atoms with E-state index in [-0.39, 0.29) is 16.4 Å². The van der Waals surface area contributed by atoms with Crippen molar-refractivity contribution in [2.75, 3.05) is 7.11 Å². The van der Waals surface area contributed by atoms with Crippen LogP contribution in [0.4, 0.5) is 0 Å². The number of benzene rings is 1. The number of allylic oxidation sites excluding steroid dienone is 4. The summed E-state index contributed by atoms with van der Waals surface area (Å²) in [7, 11) is -2.51. The standard InChI is InChI=1S/C13H11NO5S/c1-18-12-6-8-13(9-7-12)20(16,17)19-14-10-2-4-11(15)5-3-10/h2-9H,1H3. The van der Waals surface area contributed by atoms with Gasteiger partial charge < -0.3 is 4.74 Å². The molecule has 1 aliphatic rings. The van der Waals surface area contributed by atoms with E-state index in [4.69, 9.17) is 4.74 Å². The maximum atomic E-state index is 11.9. The summed E-state index contributed by atoms with van der Waals surface area (Å²) in [4.78, 5) is 10.9. The van der Waals surface area contributed by atoms with Gasteiger partial charge in [-0.1, -0.05) is 5.16 Å². The molecule has 104 valence electrons. The first-order valence-corrected chi connectivity index (χ1v) is 6.98. The highest BCUT2D eigenvalue weighted by Gasteiger charge is 2.16. The number of oxime groups is 1. The first-order valence-electron chi connectivity index (χ1n) is 5.57. The van der Waals surface area contributed by atoms with Gasteiger partial charge in [0.15, 0.2) is 5.78 Å². The van der Waals surface area contributed by atoms with Crippen LogP contribution in [0.25, 0.3) is 0 Å². The van der Waals surface area contributed by atoms with Crippen LogP contribution < -0.4 is 4.74 Å². The fourth-order valence-electron chi connectivity index (χ4n) is 1.38. The lowest BCUT2D eigenvalue weighted by Crippen LogP contribution is -2.06. The summed E-state index contributed by atoms with van der Waals surface area (Å²) in [6, 6.07) is 5.71. The van der Waals surface area contributed by atoms with Crippen LogP contribution in [0.2, 0.25) is 0 Å². The molecule has 0 aromatic heterocycles. The molecule has 0 saturated carbocycles. The summed E-state index contributed by atoms with van der Waals surface area (Å²) in [5, 5.41) is 3.48. The van der Waals surface area contributed by atoms with Crippen molar-refractivity contribution < 1.29 is 22.2 Å². The largest absolute Gasteiger partial charge is 0.497 e. The van der Waals surface area contributed by atoms with Gasteiger partial charge in [-0.05, 0) is 48.6 Å². The van der Waals surface area contributed by atoms with Gasteiger partial charge >= 0.3 is 10.1 Å². The number of ether oxygens (including phenoxy) is 1. The molecule has 6 nitrogen and oxygen atoms in total. The molecule has 0 heterocycles. The highest BCUT2D eigenvalue weighted by atomic mass is 32.2. The van der Waals surface area contributed by atoms with Crippen LogP contribution in [-0.4, -0.2) is 27.0 Å². The van der Waals surface area contributed by atoms with Crippen molar-refractivity contribution in [2.45, 2.75) is 4.90 Å². The van der Waals surface area contributed by atoms with E-state index >= 15 is 0 Å². The molecule has 0 fully saturated rings. The van der Waals surface area contributed by atoms with Gasteiger partial charge in [0.2, 0.25) is 0 Å². The SMILES string of the molecule is COc1ccc(S(=O)(=O)ON=C2C=CC(=O)C=C2)cc1. The lowest BCUT2D eigenvalue weighted by molar-refractivity contribution is -0.110. The molecule has 0 radical (unpaired) electrons. The third kappa shape index (κ3) is 3.33. The van der Waals surface area contributed by atoms with Crippen LogP contribution >= 0.6 is 0 Å². The second-order valence-electron chi connectivity index (χ2n) is 3.79. The van der Waals surface area contributed by atoms with Crippen molar-refractivity contribution in [3.05, 3.63) is 48.6 Å². The number of carbonyl (C=O) groups excluding carboxylic acids is 1. The zero-order valence-corrected chi connectivity index (χ0v) is 11.3. The maximum absolute atomic E-state index is 11.9. The summed E-state index contributed by atoms with van der Waals surface area (Å²) < 4.78 is 33.2. The predicted octanol–water partition coefficient (Wildman–Crippen LogP) is 1.45. The van der Waals surface area contributed by atoms with Crippen molar-refractivity contribution in [1.29, 1.82) is 0 Å². The number of rotatable bonds is 4. The van der Waals surface area contributed by atoms with E-state index in [1.165, 1.54) is 55.7 Å². The van der Waals surface area contributed by atoms with Crippen molar-refractivity contribution >= 4 is 21.6 Å². The molecule has 0 amide bonds. The molecule has 0 N–H and O–H groups in total. The van der Waals surface area contributed by atoms with E-state index in [0.29, 0.717) is 5.75 Å². The van der Waals surface area contributed by atoms with Gasteiger partial charge in [-0.25, -0.2) is 0 Å². The molecule has 2 rings (SSSR count). The summed E-state index contributed by atoms with van der Waals surface area (Å²) >= 11 is 0. The lowest BCUT2D eigenvalue weighted by Gasteiger charge is -2.04. The van der Waals surface area contributed by atoms with E-state index < -0.39 is 10.1 Å². The number of hydrogen-bond acceptors (Lipinski definition) is 6. The molecule has 0 unspecified atom stereocenters. The Morgan fingerprint density at radius 1 is 1.00 bits per heavy atom. The zero-order chi connectivity index (χ0) is 14.6. The summed E-state index contributed by atoms with van der Waals surface area (Å²) in [5.74, 6) is 0.342. The minimum Gasteiger partial charge on any atom is -0.497 e. The average Bonchev–Trinajstić information content (AvgIpc) is 2.47. The van der Waals surface area contributed by atoms with E-state index in [1.54, 1.807) is 0 Å². The highest BCUT2D eigenvalue weighted by Crippen LogP contribution is 2.17. The quantitative estimate of drug-likeness (QED) is 0.620. The Hall–Kier alpha value is -2.41. The lowest BCUT2D eigenvalue weighted by atomic mass is 10.2. The normalized spacial score (nSPS) is 14.2. The van der Waals surface area contributed by atoms with Crippen LogP contribution in [0.15, 0.2) is 58.6 Å². The monoisotopic (exact) mass is 293 g/mol. The summed E-state index contributed by atoms with van der Waals surface area (Å²) in [5.41, 5.74) is 0.238. The first kappa shape index (κ1) is 14.0. The third-order valence-electron chi connectivity index (χ3n) is 2.43. The van der Waals surface area contributed by atoms with Crippen LogP contribution in [-0.2, 0) is 19.2 Å². The van der Waals surface area contributed by atoms with Crippen molar-refractivity contribution in [3.8, 4) is 5.75 Å². The van der Waals surface area contributed by atoms with E-state index in [2.05, 4.69) is 9.44 Å². The molecule has 1 aromatic rings. The number of nitrogens with zero attached hydrogens (tertiary/aromatic N) is 1. The molecule has 0 spiro atoms. The Bertz CT molecular complexity index is 681. The van der Waals surface area contributed by atoms with Gasteiger partial charge in [-0.3, -0.25) is 9.08 Å². The molecule has 0 bridgehead atoms. The second kappa shape index (κ2) is 5.70. The van der Waals surface area contributed by atoms with Gasteiger partial charge in [0.25, 0.3) is 0 Å². The molecule has 20 heavy (non-hydrogen) atoms. The molecule has 0 aliphatic heterocycles. The first-order chi connectivity index (χ1) is 9.51. The minimum atomic E-state index is -3.99. The van der Waals surface area contributed by atoms with Crippen LogP contribution in [0.1, 0.15) is 0 Å². The number of hydrogen-bond donors (Lipinski definition) is 0. The van der Waals surface area contributed by atoms with Crippen LogP contribution in [0, 0.1) is 0 Å². The molecular formula is C13H11NO5S. The topological polar surface area (TPSA) is 82.0 Å². The van der Waals surface area contributed by atoms with Crippen molar-refractivity contribution in [2.24, 2.45) is 5.16 Å². The third-order valence-corrected chi connectivity index (χ3v) is 3.55. The van der Waals surface area contributed by atoms with Gasteiger partial charge in [0.05, 0.1) is 7.11 Å². The smallest absolute Gasteiger partial charge is 0.358 e.